The van der Waals surface area contributed by atoms with E-state index in [0.717, 1.165) is 0 Å². The van der Waals surface area contributed by atoms with Crippen molar-refractivity contribution in [3.05, 3.63) is 29.8 Å². The van der Waals surface area contributed by atoms with E-state index in [2.05, 4.69) is 26.0 Å². The van der Waals surface area contributed by atoms with Gasteiger partial charge in [0.25, 0.3) is 11.9 Å². The van der Waals surface area contributed by atoms with E-state index in [1.165, 1.54) is 4.80 Å². The second kappa shape index (κ2) is 7.46. The minimum absolute atomic E-state index is 0.0995. The van der Waals surface area contributed by atoms with Crippen LogP contribution in [0.2, 0.25) is 0 Å². The van der Waals surface area contributed by atoms with Gasteiger partial charge in [-0.2, -0.15) is 4.80 Å². The maximum Gasteiger partial charge on any atom is 0.269 e. The molecule has 116 valence electrons. The quantitative estimate of drug-likeness (QED) is 0.800. The second-order valence-corrected chi connectivity index (χ2v) is 4.58. The van der Waals surface area contributed by atoms with Gasteiger partial charge in [-0.1, -0.05) is 11.2 Å². The van der Waals surface area contributed by atoms with Gasteiger partial charge in [-0.05, 0) is 49.5 Å². The number of hydrogen-bond donors (Lipinski definition) is 2. The summed E-state index contributed by atoms with van der Waals surface area (Å²) in [4.78, 5) is 13.5. The first-order chi connectivity index (χ1) is 10.6. The monoisotopic (exact) mass is 320 g/mol. The molecule has 1 aromatic carbocycles. The van der Waals surface area contributed by atoms with Crippen molar-refractivity contribution in [1.82, 2.24) is 25.5 Å². The van der Waals surface area contributed by atoms with Gasteiger partial charge >= 0.3 is 0 Å². The molecule has 22 heavy (non-hydrogen) atoms. The molecule has 0 atom stereocenters. The molecule has 0 aliphatic heterocycles. The average molecular weight is 320 g/mol. The van der Waals surface area contributed by atoms with Crippen LogP contribution in [0.5, 0.6) is 5.75 Å². The molecule has 0 aliphatic rings. The molecular weight excluding hydrogens is 304 g/mol. The van der Waals surface area contributed by atoms with E-state index in [1.807, 2.05) is 13.8 Å². The molecule has 0 fully saturated rings. The molecular formula is C13H16N6O2S. The summed E-state index contributed by atoms with van der Waals surface area (Å²) in [7, 11) is 0. The van der Waals surface area contributed by atoms with E-state index in [9.17, 15) is 4.79 Å². The third-order valence-corrected chi connectivity index (χ3v) is 2.80. The predicted octanol–water partition coefficient (Wildman–Crippen LogP) is 1.22. The van der Waals surface area contributed by atoms with Crippen molar-refractivity contribution >= 4 is 29.2 Å². The van der Waals surface area contributed by atoms with Crippen molar-refractivity contribution in [3.63, 3.8) is 0 Å². The van der Waals surface area contributed by atoms with Crippen LogP contribution >= 0.6 is 12.2 Å². The number of benzene rings is 1. The Morgan fingerprint density at radius 1 is 1.41 bits per heavy atom. The zero-order chi connectivity index (χ0) is 15.9. The minimum atomic E-state index is -0.345. The Morgan fingerprint density at radius 2 is 2.23 bits per heavy atom. The molecule has 2 aromatic rings. The van der Waals surface area contributed by atoms with Gasteiger partial charge < -0.3 is 4.74 Å². The molecule has 0 radical (unpaired) electrons. The molecule has 0 saturated carbocycles. The highest BCUT2D eigenvalue weighted by molar-refractivity contribution is 7.80. The summed E-state index contributed by atoms with van der Waals surface area (Å²) in [6, 6.07) is 6.84. The van der Waals surface area contributed by atoms with Crippen molar-refractivity contribution in [2.75, 3.05) is 11.9 Å². The number of hydrogen-bond acceptors (Lipinski definition) is 6. The lowest BCUT2D eigenvalue weighted by Crippen LogP contribution is -2.34. The first-order valence-electron chi connectivity index (χ1n) is 6.75. The Hall–Kier alpha value is -2.55. The van der Waals surface area contributed by atoms with Crippen molar-refractivity contribution in [3.8, 4) is 5.75 Å². The summed E-state index contributed by atoms with van der Waals surface area (Å²) >= 11 is 5.05. The van der Waals surface area contributed by atoms with E-state index in [0.29, 0.717) is 24.5 Å². The lowest BCUT2D eigenvalue weighted by atomic mass is 10.2. The number of anilines is 1. The molecule has 1 amide bonds. The fraction of sp³-hybridized carbons (Fsp3) is 0.308. The molecule has 8 nitrogen and oxygen atoms in total. The number of rotatable bonds is 5. The Morgan fingerprint density at radius 3 is 2.91 bits per heavy atom. The van der Waals surface area contributed by atoms with Crippen LogP contribution in [0.15, 0.2) is 24.3 Å². The van der Waals surface area contributed by atoms with Gasteiger partial charge in [0.05, 0.1) is 13.2 Å². The topological polar surface area (TPSA) is 94.0 Å². The van der Waals surface area contributed by atoms with Crippen LogP contribution in [-0.4, -0.2) is 37.8 Å². The highest BCUT2D eigenvalue weighted by Crippen LogP contribution is 2.13. The highest BCUT2D eigenvalue weighted by atomic mass is 32.1. The molecule has 1 aromatic heterocycles. The Bertz CT molecular complexity index is 672. The van der Waals surface area contributed by atoms with E-state index >= 15 is 0 Å². The van der Waals surface area contributed by atoms with Gasteiger partial charge in [-0.15, -0.1) is 5.10 Å². The third kappa shape index (κ3) is 4.22. The standard InChI is InChI=1S/C13H16N6O2S/c1-3-19-17-12(16-18-19)15-13(22)14-11(20)9-6-5-7-10(8-9)21-4-2/h5-8H,3-4H2,1-2H3,(H2,14,15,17,20,22). The molecule has 0 aliphatic carbocycles. The van der Waals surface area contributed by atoms with Gasteiger partial charge in [0.1, 0.15) is 5.75 Å². The number of carbonyl (C=O) groups excluding carboxylic acids is 1. The van der Waals surface area contributed by atoms with Gasteiger partial charge in [0.15, 0.2) is 5.11 Å². The van der Waals surface area contributed by atoms with Crippen LogP contribution in [0.4, 0.5) is 5.95 Å². The van der Waals surface area contributed by atoms with Crippen LogP contribution in [0.25, 0.3) is 0 Å². The number of aryl methyl sites for hydroxylation is 1. The van der Waals surface area contributed by atoms with Crippen molar-refractivity contribution in [1.29, 1.82) is 0 Å². The molecule has 0 spiro atoms. The average Bonchev–Trinajstić information content (AvgIpc) is 2.95. The van der Waals surface area contributed by atoms with Gasteiger partial charge in [0, 0.05) is 5.56 Å². The maximum absolute atomic E-state index is 12.1. The summed E-state index contributed by atoms with van der Waals surface area (Å²) in [5.74, 6) is 0.513. The largest absolute Gasteiger partial charge is 0.494 e. The minimum Gasteiger partial charge on any atom is -0.494 e. The lowest BCUT2D eigenvalue weighted by Gasteiger charge is -2.08. The number of ether oxygens (including phenoxy) is 1. The fourth-order valence-corrected chi connectivity index (χ4v) is 1.81. The van der Waals surface area contributed by atoms with Gasteiger partial charge in [-0.3, -0.25) is 15.4 Å². The van der Waals surface area contributed by atoms with E-state index in [1.54, 1.807) is 24.3 Å². The van der Waals surface area contributed by atoms with Crippen molar-refractivity contribution in [2.24, 2.45) is 0 Å². The number of carbonyl (C=O) groups is 1. The third-order valence-electron chi connectivity index (χ3n) is 2.60. The molecule has 0 unspecified atom stereocenters. The summed E-state index contributed by atoms with van der Waals surface area (Å²) in [6.07, 6.45) is 0. The van der Waals surface area contributed by atoms with Crippen molar-refractivity contribution in [2.45, 2.75) is 20.4 Å². The van der Waals surface area contributed by atoms with E-state index in [4.69, 9.17) is 17.0 Å². The van der Waals surface area contributed by atoms with Crippen LogP contribution in [0.1, 0.15) is 24.2 Å². The Kier molecular flexibility index (Phi) is 5.37. The summed E-state index contributed by atoms with van der Waals surface area (Å²) in [5, 5.41) is 16.9. The van der Waals surface area contributed by atoms with Crippen LogP contribution in [0, 0.1) is 0 Å². The second-order valence-electron chi connectivity index (χ2n) is 4.17. The smallest absolute Gasteiger partial charge is 0.269 e. The lowest BCUT2D eigenvalue weighted by molar-refractivity contribution is 0.0977. The number of thiocarbonyl (C=S) groups is 1. The van der Waals surface area contributed by atoms with Crippen LogP contribution < -0.4 is 15.4 Å². The molecule has 9 heteroatoms. The van der Waals surface area contributed by atoms with Gasteiger partial charge in [0.2, 0.25) is 0 Å². The number of nitrogens with zero attached hydrogens (tertiary/aromatic N) is 4. The Balaban J connectivity index is 1.95. The molecule has 2 N–H and O–H groups in total. The highest BCUT2D eigenvalue weighted by Gasteiger charge is 2.10. The van der Waals surface area contributed by atoms with E-state index in [-0.39, 0.29) is 17.0 Å². The normalized spacial score (nSPS) is 10.1. The summed E-state index contributed by atoms with van der Waals surface area (Å²) in [6.45, 7) is 4.89. The first-order valence-corrected chi connectivity index (χ1v) is 7.16. The SMILES string of the molecule is CCOc1cccc(C(=O)NC(=S)Nc2nnn(CC)n2)c1. The maximum atomic E-state index is 12.1. The van der Waals surface area contributed by atoms with Crippen LogP contribution in [0.3, 0.4) is 0 Å². The van der Waals surface area contributed by atoms with E-state index < -0.39 is 0 Å². The number of nitrogens with one attached hydrogen (secondary N) is 2. The summed E-state index contributed by atoms with van der Waals surface area (Å²) < 4.78 is 5.35. The number of amides is 1. The molecule has 0 bridgehead atoms. The zero-order valence-electron chi connectivity index (χ0n) is 12.2. The predicted molar refractivity (Wildman–Crippen MR) is 84.8 cm³/mol. The first kappa shape index (κ1) is 15.8. The van der Waals surface area contributed by atoms with Crippen LogP contribution in [-0.2, 0) is 6.54 Å². The summed E-state index contributed by atoms with van der Waals surface area (Å²) in [5.41, 5.74) is 0.445. The van der Waals surface area contributed by atoms with Crippen molar-refractivity contribution < 1.29 is 9.53 Å². The fourth-order valence-electron chi connectivity index (χ4n) is 1.63. The zero-order valence-corrected chi connectivity index (χ0v) is 13.1. The molecule has 0 saturated heterocycles. The number of aromatic nitrogens is 4. The number of tetrazole rings is 1. The van der Waals surface area contributed by atoms with Gasteiger partial charge in [-0.25, -0.2) is 0 Å². The Labute approximate surface area is 132 Å². The molecule has 2 rings (SSSR count). The molecule has 1 heterocycles.